The van der Waals surface area contributed by atoms with Gasteiger partial charge in [0, 0.05) is 6.04 Å². The topological polar surface area (TPSA) is 63.0 Å². The summed E-state index contributed by atoms with van der Waals surface area (Å²) in [4.78, 5) is 0. The zero-order valence-corrected chi connectivity index (χ0v) is 13.1. The van der Waals surface area contributed by atoms with Crippen LogP contribution in [-0.4, -0.2) is 22.8 Å². The van der Waals surface area contributed by atoms with E-state index in [9.17, 15) is 0 Å². The summed E-state index contributed by atoms with van der Waals surface area (Å²) >= 11 is 0. The van der Waals surface area contributed by atoms with E-state index in [2.05, 4.69) is 48.5 Å². The largest absolute Gasteiger partial charge is 0.406 e. The maximum Gasteiger partial charge on any atom is 0.315 e. The van der Waals surface area contributed by atoms with E-state index in [0.717, 1.165) is 18.9 Å². The highest BCUT2D eigenvalue weighted by atomic mass is 16.4. The molecule has 0 aromatic carbocycles. The molecule has 1 aliphatic rings. The van der Waals surface area contributed by atoms with Gasteiger partial charge in [-0.1, -0.05) is 32.3 Å². The summed E-state index contributed by atoms with van der Waals surface area (Å²) in [6, 6.07) is 1.15. The Morgan fingerprint density at radius 3 is 2.75 bits per heavy atom. The van der Waals surface area contributed by atoms with Gasteiger partial charge in [-0.15, -0.1) is 5.10 Å². The molecule has 4 unspecified atom stereocenters. The van der Waals surface area contributed by atoms with Crippen LogP contribution < -0.4 is 10.6 Å². The summed E-state index contributed by atoms with van der Waals surface area (Å²) < 4.78 is 5.73. The molecule has 0 amide bonds. The first kappa shape index (κ1) is 15.3. The predicted octanol–water partition coefficient (Wildman–Crippen LogP) is 3.37. The number of hydrogen-bond donors (Lipinski definition) is 2. The minimum absolute atomic E-state index is 0.113. The van der Waals surface area contributed by atoms with Crippen LogP contribution in [0.3, 0.4) is 0 Å². The van der Waals surface area contributed by atoms with Crippen molar-refractivity contribution >= 4 is 6.01 Å². The van der Waals surface area contributed by atoms with E-state index >= 15 is 0 Å². The zero-order valence-electron chi connectivity index (χ0n) is 13.1. The molecule has 1 aliphatic carbocycles. The lowest BCUT2D eigenvalue weighted by molar-refractivity contribution is 0.382. The number of nitrogens with zero attached hydrogens (tertiary/aromatic N) is 2. The van der Waals surface area contributed by atoms with Gasteiger partial charge in [-0.05, 0) is 44.6 Å². The summed E-state index contributed by atoms with van der Waals surface area (Å²) in [6.07, 6.45) is 4.85. The van der Waals surface area contributed by atoms with Crippen molar-refractivity contribution in [2.75, 3.05) is 11.9 Å². The van der Waals surface area contributed by atoms with Crippen LogP contribution in [-0.2, 0) is 0 Å². The van der Waals surface area contributed by atoms with Crippen LogP contribution in [0.15, 0.2) is 4.42 Å². The molecule has 0 aliphatic heterocycles. The lowest BCUT2D eigenvalue weighted by Gasteiger charge is -2.19. The summed E-state index contributed by atoms with van der Waals surface area (Å²) in [5, 5.41) is 15.0. The molecular weight excluding hydrogens is 252 g/mol. The monoisotopic (exact) mass is 280 g/mol. The second kappa shape index (κ2) is 7.07. The molecule has 0 saturated heterocycles. The van der Waals surface area contributed by atoms with Gasteiger partial charge in [-0.2, -0.15) is 0 Å². The molecule has 0 radical (unpaired) electrons. The molecule has 5 nitrogen and oxygen atoms in total. The van der Waals surface area contributed by atoms with E-state index in [-0.39, 0.29) is 6.04 Å². The molecular formula is C15H28N4O. The summed E-state index contributed by atoms with van der Waals surface area (Å²) in [5.74, 6) is 2.16. The highest BCUT2D eigenvalue weighted by Crippen LogP contribution is 2.35. The number of anilines is 1. The van der Waals surface area contributed by atoms with Gasteiger partial charge in [-0.3, -0.25) is 0 Å². The van der Waals surface area contributed by atoms with Crippen molar-refractivity contribution in [3.63, 3.8) is 0 Å². The van der Waals surface area contributed by atoms with Gasteiger partial charge in [-0.25, -0.2) is 0 Å². The van der Waals surface area contributed by atoms with Gasteiger partial charge in [0.15, 0.2) is 0 Å². The Balaban J connectivity index is 1.90. The van der Waals surface area contributed by atoms with E-state index in [1.54, 1.807) is 0 Å². The molecule has 0 spiro atoms. The molecule has 5 heteroatoms. The van der Waals surface area contributed by atoms with Crippen LogP contribution in [0.2, 0.25) is 0 Å². The Bertz CT molecular complexity index is 406. The van der Waals surface area contributed by atoms with Crippen molar-refractivity contribution < 1.29 is 4.42 Å². The lowest BCUT2D eigenvalue weighted by atomic mass is 9.94. The Morgan fingerprint density at radius 1 is 1.30 bits per heavy atom. The lowest BCUT2D eigenvalue weighted by Crippen LogP contribution is -2.24. The maximum absolute atomic E-state index is 5.73. The van der Waals surface area contributed by atoms with Gasteiger partial charge >= 0.3 is 6.01 Å². The predicted molar refractivity (Wildman–Crippen MR) is 80.6 cm³/mol. The first-order chi connectivity index (χ1) is 9.65. The molecule has 1 aromatic rings. The smallest absolute Gasteiger partial charge is 0.315 e. The van der Waals surface area contributed by atoms with Crippen molar-refractivity contribution in [1.29, 1.82) is 0 Å². The molecule has 1 aromatic heterocycles. The Hall–Kier alpha value is -1.10. The van der Waals surface area contributed by atoms with E-state index in [0.29, 0.717) is 23.9 Å². The van der Waals surface area contributed by atoms with Crippen LogP contribution in [0.1, 0.15) is 65.3 Å². The summed E-state index contributed by atoms with van der Waals surface area (Å²) in [5.41, 5.74) is 0. The second-order valence-corrected chi connectivity index (χ2v) is 5.98. The molecule has 2 N–H and O–H groups in total. The fourth-order valence-electron chi connectivity index (χ4n) is 3.10. The SMILES string of the molecule is CCCNC(C)c1nnc(NC2CCC(CC)C2C)o1. The fourth-order valence-corrected chi connectivity index (χ4v) is 3.10. The van der Waals surface area contributed by atoms with Crippen LogP contribution in [0.4, 0.5) is 6.01 Å². The highest BCUT2D eigenvalue weighted by molar-refractivity contribution is 5.21. The molecule has 114 valence electrons. The highest BCUT2D eigenvalue weighted by Gasteiger charge is 2.32. The Kier molecular flexibility index (Phi) is 5.40. The third-order valence-corrected chi connectivity index (χ3v) is 4.57. The average molecular weight is 280 g/mol. The molecule has 4 atom stereocenters. The number of nitrogens with one attached hydrogen (secondary N) is 2. The third-order valence-electron chi connectivity index (χ3n) is 4.57. The number of aromatic nitrogens is 2. The van der Waals surface area contributed by atoms with Crippen molar-refractivity contribution in [2.24, 2.45) is 11.8 Å². The van der Waals surface area contributed by atoms with E-state index in [1.165, 1.54) is 19.3 Å². The zero-order chi connectivity index (χ0) is 14.5. The van der Waals surface area contributed by atoms with E-state index in [4.69, 9.17) is 4.42 Å². The minimum atomic E-state index is 0.113. The van der Waals surface area contributed by atoms with Gasteiger partial charge in [0.25, 0.3) is 0 Å². The minimum Gasteiger partial charge on any atom is -0.406 e. The van der Waals surface area contributed by atoms with Gasteiger partial charge in [0.2, 0.25) is 5.89 Å². The van der Waals surface area contributed by atoms with Gasteiger partial charge < -0.3 is 15.1 Å². The average Bonchev–Trinajstić information content (AvgIpc) is 3.05. The fraction of sp³-hybridized carbons (Fsp3) is 0.867. The van der Waals surface area contributed by atoms with Crippen LogP contribution >= 0.6 is 0 Å². The normalized spacial score (nSPS) is 27.7. The first-order valence-corrected chi connectivity index (χ1v) is 7.99. The van der Waals surface area contributed by atoms with Crippen LogP contribution in [0, 0.1) is 11.8 Å². The van der Waals surface area contributed by atoms with Gasteiger partial charge in [0.05, 0.1) is 6.04 Å². The van der Waals surface area contributed by atoms with E-state index < -0.39 is 0 Å². The van der Waals surface area contributed by atoms with Crippen LogP contribution in [0.25, 0.3) is 0 Å². The van der Waals surface area contributed by atoms with Crippen molar-refractivity contribution in [1.82, 2.24) is 15.5 Å². The van der Waals surface area contributed by atoms with E-state index in [1.807, 2.05) is 0 Å². The molecule has 1 saturated carbocycles. The summed E-state index contributed by atoms with van der Waals surface area (Å²) in [6.45, 7) is 9.76. The van der Waals surface area contributed by atoms with Crippen LogP contribution in [0.5, 0.6) is 0 Å². The molecule has 1 fully saturated rings. The quantitative estimate of drug-likeness (QED) is 0.802. The third kappa shape index (κ3) is 3.51. The first-order valence-electron chi connectivity index (χ1n) is 7.99. The Morgan fingerprint density at radius 2 is 2.10 bits per heavy atom. The molecule has 20 heavy (non-hydrogen) atoms. The van der Waals surface area contributed by atoms with Crippen molar-refractivity contribution in [3.8, 4) is 0 Å². The molecule has 2 rings (SSSR count). The summed E-state index contributed by atoms with van der Waals surface area (Å²) in [7, 11) is 0. The van der Waals surface area contributed by atoms with Gasteiger partial charge in [0.1, 0.15) is 0 Å². The maximum atomic E-state index is 5.73. The van der Waals surface area contributed by atoms with Crippen molar-refractivity contribution in [3.05, 3.63) is 5.89 Å². The molecule has 0 bridgehead atoms. The second-order valence-electron chi connectivity index (χ2n) is 5.98. The Labute approximate surface area is 121 Å². The molecule has 1 heterocycles. The van der Waals surface area contributed by atoms with Crippen molar-refractivity contribution in [2.45, 2.75) is 65.5 Å². The number of rotatable bonds is 7. The number of hydrogen-bond acceptors (Lipinski definition) is 5. The standard InChI is InChI=1S/C15H28N4O/c1-5-9-16-11(4)14-18-19-15(20-14)17-13-8-7-12(6-2)10(13)3/h10-13,16H,5-9H2,1-4H3,(H,17,19).